The van der Waals surface area contributed by atoms with E-state index < -0.39 is 0 Å². The molecule has 88 valence electrons. The molecule has 0 aliphatic carbocycles. The second kappa shape index (κ2) is 5.32. The minimum Gasteiger partial charge on any atom is -0.381 e. The third kappa shape index (κ3) is 3.07. The van der Waals surface area contributed by atoms with Crippen molar-refractivity contribution in [3.05, 3.63) is 57.8 Å². The molecular weight excluding hydrogens is 276 g/mol. The van der Waals surface area contributed by atoms with Crippen LogP contribution in [0.15, 0.2) is 41.1 Å². The fourth-order valence-corrected chi connectivity index (χ4v) is 1.98. The van der Waals surface area contributed by atoms with Crippen LogP contribution >= 0.6 is 15.9 Å². The maximum Gasteiger partial charge on any atom is 0.0401 e. The molecule has 1 N–H and O–H groups in total. The number of pyridine rings is 1. The Balaban J connectivity index is 2.10. The topological polar surface area (TPSA) is 24.9 Å². The highest BCUT2D eigenvalue weighted by atomic mass is 79.9. The lowest BCUT2D eigenvalue weighted by molar-refractivity contribution is 1.12. The molecule has 0 radical (unpaired) electrons. The standard InChI is InChI=1S/C14H15BrN2/c1-10-7-13(8-11(2)14(10)15)17-9-12-3-5-16-6-4-12/h3-8,17H,9H2,1-2H3. The van der Waals surface area contributed by atoms with E-state index in [1.807, 2.05) is 24.5 Å². The molecular formula is C14H15BrN2. The van der Waals surface area contributed by atoms with Gasteiger partial charge in [-0.2, -0.15) is 0 Å². The Bertz CT molecular complexity index is 486. The Hall–Kier alpha value is -1.35. The van der Waals surface area contributed by atoms with E-state index in [0.717, 1.165) is 12.2 Å². The highest BCUT2D eigenvalue weighted by Crippen LogP contribution is 2.25. The number of hydrogen-bond donors (Lipinski definition) is 1. The Morgan fingerprint density at radius 2 is 1.71 bits per heavy atom. The third-order valence-electron chi connectivity index (χ3n) is 2.68. The van der Waals surface area contributed by atoms with Crippen LogP contribution < -0.4 is 5.32 Å². The predicted molar refractivity (Wildman–Crippen MR) is 75.2 cm³/mol. The predicted octanol–water partition coefficient (Wildman–Crippen LogP) is 4.07. The number of halogens is 1. The molecule has 0 saturated heterocycles. The molecule has 17 heavy (non-hydrogen) atoms. The maximum atomic E-state index is 4.01. The lowest BCUT2D eigenvalue weighted by Gasteiger charge is -2.10. The summed E-state index contributed by atoms with van der Waals surface area (Å²) in [6.07, 6.45) is 3.63. The summed E-state index contributed by atoms with van der Waals surface area (Å²) in [7, 11) is 0. The SMILES string of the molecule is Cc1cc(NCc2ccncc2)cc(C)c1Br. The first-order valence-electron chi connectivity index (χ1n) is 5.56. The van der Waals surface area contributed by atoms with Gasteiger partial charge in [0, 0.05) is 29.1 Å². The van der Waals surface area contributed by atoms with Gasteiger partial charge in [0.2, 0.25) is 0 Å². The van der Waals surface area contributed by atoms with E-state index in [-0.39, 0.29) is 0 Å². The highest BCUT2D eigenvalue weighted by Gasteiger charge is 2.01. The molecule has 1 aromatic heterocycles. The number of hydrogen-bond acceptors (Lipinski definition) is 2. The van der Waals surface area contributed by atoms with Crippen LogP contribution in [0, 0.1) is 13.8 Å². The van der Waals surface area contributed by atoms with E-state index >= 15 is 0 Å². The van der Waals surface area contributed by atoms with Gasteiger partial charge >= 0.3 is 0 Å². The largest absolute Gasteiger partial charge is 0.381 e. The minimum atomic E-state index is 0.822. The maximum absolute atomic E-state index is 4.01. The van der Waals surface area contributed by atoms with Crippen molar-refractivity contribution in [2.45, 2.75) is 20.4 Å². The molecule has 2 aromatic rings. The summed E-state index contributed by atoms with van der Waals surface area (Å²) in [6.45, 7) is 5.03. The van der Waals surface area contributed by atoms with Crippen molar-refractivity contribution in [2.75, 3.05) is 5.32 Å². The zero-order chi connectivity index (χ0) is 12.3. The smallest absolute Gasteiger partial charge is 0.0401 e. The van der Waals surface area contributed by atoms with Crippen molar-refractivity contribution in [2.24, 2.45) is 0 Å². The number of aromatic nitrogens is 1. The fraction of sp³-hybridized carbons (Fsp3) is 0.214. The van der Waals surface area contributed by atoms with Gasteiger partial charge < -0.3 is 5.32 Å². The molecule has 0 bridgehead atoms. The molecule has 2 nitrogen and oxygen atoms in total. The first-order valence-corrected chi connectivity index (χ1v) is 6.35. The van der Waals surface area contributed by atoms with Crippen LogP contribution in [0.4, 0.5) is 5.69 Å². The van der Waals surface area contributed by atoms with Crippen molar-refractivity contribution in [1.82, 2.24) is 4.98 Å². The Morgan fingerprint density at radius 1 is 1.12 bits per heavy atom. The van der Waals surface area contributed by atoms with Crippen LogP contribution in [0.5, 0.6) is 0 Å². The van der Waals surface area contributed by atoms with Gasteiger partial charge in [-0.1, -0.05) is 15.9 Å². The van der Waals surface area contributed by atoms with Gasteiger partial charge in [0.05, 0.1) is 0 Å². The van der Waals surface area contributed by atoms with Crippen LogP contribution in [0.3, 0.4) is 0 Å². The van der Waals surface area contributed by atoms with Gasteiger partial charge in [-0.05, 0) is 54.8 Å². The fourth-order valence-electron chi connectivity index (χ4n) is 1.75. The van der Waals surface area contributed by atoms with Crippen molar-refractivity contribution < 1.29 is 0 Å². The van der Waals surface area contributed by atoms with Crippen LogP contribution in [-0.2, 0) is 6.54 Å². The van der Waals surface area contributed by atoms with Gasteiger partial charge in [-0.15, -0.1) is 0 Å². The molecule has 3 heteroatoms. The summed E-state index contributed by atoms with van der Waals surface area (Å²) < 4.78 is 1.19. The van der Waals surface area contributed by atoms with E-state index in [1.54, 1.807) is 0 Å². The van der Waals surface area contributed by atoms with Crippen LogP contribution in [0.2, 0.25) is 0 Å². The normalized spacial score (nSPS) is 10.3. The zero-order valence-electron chi connectivity index (χ0n) is 10.00. The Morgan fingerprint density at radius 3 is 2.29 bits per heavy atom. The van der Waals surface area contributed by atoms with Crippen LogP contribution in [-0.4, -0.2) is 4.98 Å². The molecule has 0 amide bonds. The highest BCUT2D eigenvalue weighted by molar-refractivity contribution is 9.10. The van der Waals surface area contributed by atoms with Crippen molar-refractivity contribution in [3.8, 4) is 0 Å². The first kappa shape index (κ1) is 12.1. The van der Waals surface area contributed by atoms with Crippen molar-refractivity contribution >= 4 is 21.6 Å². The molecule has 0 aliphatic heterocycles. The quantitative estimate of drug-likeness (QED) is 0.922. The number of benzene rings is 1. The molecule has 1 heterocycles. The van der Waals surface area contributed by atoms with Gasteiger partial charge in [0.15, 0.2) is 0 Å². The summed E-state index contributed by atoms with van der Waals surface area (Å²) in [5.41, 5.74) is 4.89. The van der Waals surface area contributed by atoms with E-state index in [2.05, 4.69) is 52.2 Å². The number of nitrogens with one attached hydrogen (secondary N) is 1. The molecule has 0 atom stereocenters. The van der Waals surface area contributed by atoms with Gasteiger partial charge in [0.1, 0.15) is 0 Å². The second-order valence-corrected chi connectivity index (χ2v) is 4.93. The lowest BCUT2D eigenvalue weighted by atomic mass is 10.1. The van der Waals surface area contributed by atoms with E-state index in [9.17, 15) is 0 Å². The minimum absolute atomic E-state index is 0.822. The molecule has 0 saturated carbocycles. The van der Waals surface area contributed by atoms with Crippen molar-refractivity contribution in [1.29, 1.82) is 0 Å². The summed E-state index contributed by atoms with van der Waals surface area (Å²) in [5, 5.41) is 3.42. The third-order valence-corrected chi connectivity index (χ3v) is 3.93. The van der Waals surface area contributed by atoms with E-state index in [0.29, 0.717) is 0 Å². The van der Waals surface area contributed by atoms with E-state index in [1.165, 1.54) is 21.2 Å². The second-order valence-electron chi connectivity index (χ2n) is 4.13. The first-order chi connectivity index (χ1) is 8.16. The summed E-state index contributed by atoms with van der Waals surface area (Å²) in [4.78, 5) is 4.01. The average molecular weight is 291 g/mol. The van der Waals surface area contributed by atoms with Gasteiger partial charge in [-0.25, -0.2) is 0 Å². The van der Waals surface area contributed by atoms with E-state index in [4.69, 9.17) is 0 Å². The molecule has 0 aliphatic rings. The number of aryl methyl sites for hydroxylation is 2. The number of anilines is 1. The zero-order valence-corrected chi connectivity index (χ0v) is 11.6. The number of nitrogens with zero attached hydrogens (tertiary/aromatic N) is 1. The van der Waals surface area contributed by atoms with Gasteiger partial charge in [0.25, 0.3) is 0 Å². The number of rotatable bonds is 3. The molecule has 0 fully saturated rings. The molecule has 0 unspecified atom stereocenters. The van der Waals surface area contributed by atoms with Gasteiger partial charge in [-0.3, -0.25) is 4.98 Å². The van der Waals surface area contributed by atoms with Crippen LogP contribution in [0.1, 0.15) is 16.7 Å². The summed E-state index contributed by atoms with van der Waals surface area (Å²) in [5.74, 6) is 0. The molecule has 1 aromatic carbocycles. The van der Waals surface area contributed by atoms with Crippen LogP contribution in [0.25, 0.3) is 0 Å². The molecule has 2 rings (SSSR count). The lowest BCUT2D eigenvalue weighted by Crippen LogP contribution is -2.00. The average Bonchev–Trinajstić information content (AvgIpc) is 2.34. The summed E-state index contributed by atoms with van der Waals surface area (Å²) in [6, 6.07) is 8.34. The Labute approximate surface area is 110 Å². The molecule has 0 spiro atoms. The van der Waals surface area contributed by atoms with Crippen molar-refractivity contribution in [3.63, 3.8) is 0 Å². The monoisotopic (exact) mass is 290 g/mol. The summed E-state index contributed by atoms with van der Waals surface area (Å²) >= 11 is 3.57. The Kier molecular flexibility index (Phi) is 3.79.